The van der Waals surface area contributed by atoms with Gasteiger partial charge in [0, 0.05) is 18.3 Å². The highest BCUT2D eigenvalue weighted by molar-refractivity contribution is 7.13. The second kappa shape index (κ2) is 5.69. The van der Waals surface area contributed by atoms with Crippen LogP contribution in [0.3, 0.4) is 0 Å². The van der Waals surface area contributed by atoms with E-state index in [1.807, 2.05) is 12.3 Å². The molecule has 1 aliphatic rings. The lowest BCUT2D eigenvalue weighted by molar-refractivity contribution is -0.143. The number of esters is 1. The molecule has 1 aromatic heterocycles. The van der Waals surface area contributed by atoms with Crippen molar-refractivity contribution in [1.82, 2.24) is 4.98 Å². The molecule has 0 aromatic carbocycles. The molecule has 0 bridgehead atoms. The predicted octanol–water partition coefficient (Wildman–Crippen LogP) is 2.85. The van der Waals surface area contributed by atoms with Crippen molar-refractivity contribution in [3.8, 4) is 0 Å². The van der Waals surface area contributed by atoms with E-state index in [1.54, 1.807) is 11.3 Å². The van der Waals surface area contributed by atoms with Crippen molar-refractivity contribution in [3.63, 3.8) is 0 Å². The lowest BCUT2D eigenvalue weighted by Crippen LogP contribution is -2.11. The molecule has 0 amide bonds. The first-order chi connectivity index (χ1) is 8.61. The van der Waals surface area contributed by atoms with Crippen molar-refractivity contribution in [2.75, 3.05) is 18.5 Å². The van der Waals surface area contributed by atoms with Gasteiger partial charge in [-0.05, 0) is 25.2 Å². The Morgan fingerprint density at radius 3 is 3.06 bits per heavy atom. The minimum absolute atomic E-state index is 0.148. The lowest BCUT2D eigenvalue weighted by atomic mass is 10.1. The molecule has 2 rings (SSSR count). The zero-order valence-corrected chi connectivity index (χ0v) is 11.8. The summed E-state index contributed by atoms with van der Waals surface area (Å²) in [5.41, 5.74) is 1.45. The second-order valence-corrected chi connectivity index (χ2v) is 5.97. The lowest BCUT2D eigenvalue weighted by Gasteiger charge is -2.07. The number of carbonyl (C=O) groups is 1. The van der Waals surface area contributed by atoms with Gasteiger partial charge in [0.05, 0.1) is 18.7 Å². The van der Waals surface area contributed by atoms with Gasteiger partial charge in [0.1, 0.15) is 0 Å². The Bertz CT molecular complexity index is 413. The van der Waals surface area contributed by atoms with E-state index in [0.29, 0.717) is 24.9 Å². The molecule has 18 heavy (non-hydrogen) atoms. The standard InChI is InChI=1S/C13H20N2O2S/c1-3-17-11(16)5-4-10-8-18-12(15-10)14-9-13(2)6-7-13/h8H,3-7,9H2,1-2H3,(H,14,15). The quantitative estimate of drug-likeness (QED) is 0.773. The van der Waals surface area contributed by atoms with Crippen molar-refractivity contribution in [2.45, 2.75) is 39.5 Å². The van der Waals surface area contributed by atoms with E-state index in [0.717, 1.165) is 17.4 Å². The number of nitrogens with one attached hydrogen (secondary N) is 1. The fourth-order valence-corrected chi connectivity index (χ4v) is 2.39. The van der Waals surface area contributed by atoms with E-state index in [2.05, 4.69) is 17.2 Å². The Balaban J connectivity index is 1.73. The van der Waals surface area contributed by atoms with Gasteiger partial charge in [-0.25, -0.2) is 4.98 Å². The van der Waals surface area contributed by atoms with Crippen LogP contribution in [0.25, 0.3) is 0 Å². The minimum Gasteiger partial charge on any atom is -0.466 e. The van der Waals surface area contributed by atoms with Gasteiger partial charge in [-0.2, -0.15) is 0 Å². The summed E-state index contributed by atoms with van der Waals surface area (Å²) in [6.07, 6.45) is 3.69. The number of aromatic nitrogens is 1. The van der Waals surface area contributed by atoms with Gasteiger partial charge in [-0.15, -0.1) is 11.3 Å². The summed E-state index contributed by atoms with van der Waals surface area (Å²) in [7, 11) is 0. The van der Waals surface area contributed by atoms with E-state index in [4.69, 9.17) is 4.74 Å². The van der Waals surface area contributed by atoms with E-state index < -0.39 is 0 Å². The molecular weight excluding hydrogens is 248 g/mol. The molecule has 4 nitrogen and oxygen atoms in total. The van der Waals surface area contributed by atoms with Crippen LogP contribution in [0.2, 0.25) is 0 Å². The molecular formula is C13H20N2O2S. The maximum atomic E-state index is 11.2. The van der Waals surface area contributed by atoms with Crippen LogP contribution in [0, 0.1) is 5.41 Å². The van der Waals surface area contributed by atoms with Crippen LogP contribution >= 0.6 is 11.3 Å². The average molecular weight is 268 g/mol. The summed E-state index contributed by atoms with van der Waals surface area (Å²) in [6.45, 7) is 5.55. The molecule has 0 unspecified atom stereocenters. The van der Waals surface area contributed by atoms with Crippen LogP contribution in [0.5, 0.6) is 0 Å². The predicted molar refractivity (Wildman–Crippen MR) is 72.9 cm³/mol. The normalized spacial score (nSPS) is 16.3. The molecule has 1 fully saturated rings. The number of hydrogen-bond acceptors (Lipinski definition) is 5. The Morgan fingerprint density at radius 2 is 2.39 bits per heavy atom. The van der Waals surface area contributed by atoms with Gasteiger partial charge in [0.2, 0.25) is 0 Å². The highest BCUT2D eigenvalue weighted by Crippen LogP contribution is 2.44. The largest absolute Gasteiger partial charge is 0.466 e. The van der Waals surface area contributed by atoms with Crippen molar-refractivity contribution in [2.24, 2.45) is 5.41 Å². The second-order valence-electron chi connectivity index (χ2n) is 5.11. The van der Waals surface area contributed by atoms with Gasteiger partial charge in [-0.3, -0.25) is 4.79 Å². The van der Waals surface area contributed by atoms with Crippen LogP contribution in [0.4, 0.5) is 5.13 Å². The molecule has 0 spiro atoms. The molecule has 0 aliphatic heterocycles. The van der Waals surface area contributed by atoms with Crippen molar-refractivity contribution in [1.29, 1.82) is 0 Å². The highest BCUT2D eigenvalue weighted by Gasteiger charge is 2.36. The zero-order valence-electron chi connectivity index (χ0n) is 11.0. The molecule has 1 heterocycles. The van der Waals surface area contributed by atoms with Gasteiger partial charge < -0.3 is 10.1 Å². The van der Waals surface area contributed by atoms with E-state index in [-0.39, 0.29) is 5.97 Å². The number of aryl methyl sites for hydroxylation is 1. The van der Waals surface area contributed by atoms with Gasteiger partial charge >= 0.3 is 5.97 Å². The van der Waals surface area contributed by atoms with E-state index in [1.165, 1.54) is 12.8 Å². The number of ether oxygens (including phenoxy) is 1. The van der Waals surface area contributed by atoms with Crippen LogP contribution in [-0.2, 0) is 16.0 Å². The maximum absolute atomic E-state index is 11.2. The van der Waals surface area contributed by atoms with Crippen LogP contribution in [0.1, 0.15) is 38.8 Å². The van der Waals surface area contributed by atoms with Crippen molar-refractivity contribution >= 4 is 22.4 Å². The summed E-state index contributed by atoms with van der Waals surface area (Å²) >= 11 is 1.61. The smallest absolute Gasteiger partial charge is 0.306 e. The molecule has 1 N–H and O–H groups in total. The van der Waals surface area contributed by atoms with Gasteiger partial charge in [-0.1, -0.05) is 6.92 Å². The van der Waals surface area contributed by atoms with Crippen molar-refractivity contribution < 1.29 is 9.53 Å². The number of carbonyl (C=O) groups excluding carboxylic acids is 1. The topological polar surface area (TPSA) is 51.2 Å². The van der Waals surface area contributed by atoms with Crippen LogP contribution < -0.4 is 5.32 Å². The number of thiazole rings is 1. The van der Waals surface area contributed by atoms with Crippen molar-refractivity contribution in [3.05, 3.63) is 11.1 Å². The summed E-state index contributed by atoms with van der Waals surface area (Å²) < 4.78 is 4.89. The van der Waals surface area contributed by atoms with Gasteiger partial charge in [0.15, 0.2) is 5.13 Å². The average Bonchev–Trinajstić information content (AvgIpc) is 2.92. The molecule has 1 aliphatic carbocycles. The first-order valence-electron chi connectivity index (χ1n) is 6.45. The fraction of sp³-hybridized carbons (Fsp3) is 0.692. The Morgan fingerprint density at radius 1 is 1.61 bits per heavy atom. The zero-order chi connectivity index (χ0) is 13.0. The summed E-state index contributed by atoms with van der Waals surface area (Å²) in [5, 5.41) is 6.34. The molecule has 100 valence electrons. The number of rotatable bonds is 7. The molecule has 5 heteroatoms. The van der Waals surface area contributed by atoms with Crippen LogP contribution in [-0.4, -0.2) is 24.1 Å². The molecule has 0 saturated heterocycles. The fourth-order valence-electron chi connectivity index (χ4n) is 1.65. The summed E-state index contributed by atoms with van der Waals surface area (Å²) in [5.74, 6) is -0.148. The summed E-state index contributed by atoms with van der Waals surface area (Å²) in [6, 6.07) is 0. The summed E-state index contributed by atoms with van der Waals surface area (Å²) in [4.78, 5) is 15.7. The third kappa shape index (κ3) is 3.98. The Labute approximate surface area is 112 Å². The molecule has 1 aromatic rings. The number of anilines is 1. The van der Waals surface area contributed by atoms with Gasteiger partial charge in [0.25, 0.3) is 0 Å². The first-order valence-corrected chi connectivity index (χ1v) is 7.33. The molecule has 0 atom stereocenters. The monoisotopic (exact) mass is 268 g/mol. The minimum atomic E-state index is -0.148. The molecule has 1 saturated carbocycles. The number of hydrogen-bond donors (Lipinski definition) is 1. The third-order valence-electron chi connectivity index (χ3n) is 3.21. The SMILES string of the molecule is CCOC(=O)CCc1csc(NCC2(C)CC2)n1. The number of nitrogens with zero attached hydrogens (tertiary/aromatic N) is 1. The molecule has 0 radical (unpaired) electrons. The van der Waals surface area contributed by atoms with E-state index in [9.17, 15) is 4.79 Å². The third-order valence-corrected chi connectivity index (χ3v) is 4.06. The maximum Gasteiger partial charge on any atom is 0.306 e. The highest BCUT2D eigenvalue weighted by atomic mass is 32.1. The van der Waals surface area contributed by atoms with Crippen LogP contribution in [0.15, 0.2) is 5.38 Å². The Kier molecular flexibility index (Phi) is 4.22. The van der Waals surface area contributed by atoms with E-state index >= 15 is 0 Å². The Hall–Kier alpha value is -1.10. The first kappa shape index (κ1) is 13.3.